The van der Waals surface area contributed by atoms with Gasteiger partial charge in [-0.3, -0.25) is 4.79 Å². The van der Waals surface area contributed by atoms with Crippen LogP contribution >= 0.6 is 0 Å². The zero-order valence-corrected chi connectivity index (χ0v) is 15.6. The lowest BCUT2D eigenvalue weighted by Gasteiger charge is -2.27. The number of nitrogens with zero attached hydrogens (tertiary/aromatic N) is 2. The van der Waals surface area contributed by atoms with Gasteiger partial charge in [-0.1, -0.05) is 12.1 Å². The van der Waals surface area contributed by atoms with E-state index in [9.17, 15) is 4.79 Å². The summed E-state index contributed by atoms with van der Waals surface area (Å²) in [4.78, 5) is 17.3. The van der Waals surface area contributed by atoms with Crippen LogP contribution in [0.25, 0.3) is 0 Å². The van der Waals surface area contributed by atoms with Crippen LogP contribution in [-0.4, -0.2) is 28.6 Å². The van der Waals surface area contributed by atoms with Crippen molar-refractivity contribution in [3.8, 4) is 5.75 Å². The van der Waals surface area contributed by atoms with Gasteiger partial charge in [0.2, 0.25) is 5.91 Å². The molecule has 0 saturated heterocycles. The summed E-state index contributed by atoms with van der Waals surface area (Å²) >= 11 is 0. The number of aromatic nitrogens is 2. The molecule has 138 valence electrons. The molecule has 0 unspecified atom stereocenters. The lowest BCUT2D eigenvalue weighted by atomic mass is 9.91. The Kier molecular flexibility index (Phi) is 4.70. The molecule has 1 N–H and O–H groups in total. The van der Waals surface area contributed by atoms with E-state index in [1.54, 1.807) is 7.11 Å². The predicted molar refractivity (Wildman–Crippen MR) is 100 cm³/mol. The Bertz CT molecular complexity index is 794. The number of hydrogen-bond donors (Lipinski definition) is 1. The molecule has 2 aliphatic rings. The molecule has 1 amide bonds. The van der Waals surface area contributed by atoms with E-state index in [4.69, 9.17) is 4.74 Å². The Morgan fingerprint density at radius 3 is 3.00 bits per heavy atom. The minimum absolute atomic E-state index is 0.00866. The van der Waals surface area contributed by atoms with Crippen LogP contribution in [0.1, 0.15) is 68.1 Å². The fraction of sp³-hybridized carbons (Fsp3) is 0.524. The number of nitrogens with one attached hydrogen (secondary N) is 1. The van der Waals surface area contributed by atoms with Crippen LogP contribution in [0.2, 0.25) is 0 Å². The molecule has 0 spiro atoms. The molecule has 1 aromatic heterocycles. The molecule has 1 aliphatic carbocycles. The smallest absolute Gasteiger partial charge is 0.221 e. The van der Waals surface area contributed by atoms with Gasteiger partial charge in [0.1, 0.15) is 11.6 Å². The van der Waals surface area contributed by atoms with Crippen LogP contribution in [0.15, 0.2) is 30.5 Å². The third-order valence-electron chi connectivity index (χ3n) is 5.55. The Morgan fingerprint density at radius 1 is 1.38 bits per heavy atom. The normalized spacial score (nSPS) is 20.3. The highest BCUT2D eigenvalue weighted by atomic mass is 16.5. The summed E-state index contributed by atoms with van der Waals surface area (Å²) in [6.45, 7) is 2.25. The number of fused-ring (bicyclic) bond motifs is 1. The summed E-state index contributed by atoms with van der Waals surface area (Å²) in [5.74, 6) is 2.08. The highest BCUT2D eigenvalue weighted by Crippen LogP contribution is 2.35. The van der Waals surface area contributed by atoms with Crippen LogP contribution < -0.4 is 10.1 Å². The van der Waals surface area contributed by atoms with E-state index in [1.807, 2.05) is 24.4 Å². The maximum atomic E-state index is 12.6. The van der Waals surface area contributed by atoms with E-state index in [0.717, 1.165) is 48.5 Å². The highest BCUT2D eigenvalue weighted by molar-refractivity contribution is 5.78. The summed E-state index contributed by atoms with van der Waals surface area (Å²) in [5, 5.41) is 3.14. The molecule has 2 atom stereocenters. The minimum atomic E-state index is -0.00866. The number of rotatable bonds is 6. The average molecular weight is 353 g/mol. The van der Waals surface area contributed by atoms with Crippen molar-refractivity contribution in [3.63, 3.8) is 0 Å². The van der Waals surface area contributed by atoms with Crippen LogP contribution in [0, 0.1) is 0 Å². The summed E-state index contributed by atoms with van der Waals surface area (Å²) in [5.41, 5.74) is 2.25. The first-order valence-corrected chi connectivity index (χ1v) is 9.65. The van der Waals surface area contributed by atoms with Crippen molar-refractivity contribution in [2.45, 2.75) is 63.5 Å². The zero-order chi connectivity index (χ0) is 18.1. The van der Waals surface area contributed by atoms with Gasteiger partial charge in [0.25, 0.3) is 0 Å². The lowest BCUT2D eigenvalue weighted by molar-refractivity contribution is -0.121. The van der Waals surface area contributed by atoms with Crippen LogP contribution in [0.5, 0.6) is 5.75 Å². The molecule has 1 aromatic carbocycles. The topological polar surface area (TPSA) is 56.1 Å². The first-order valence-electron chi connectivity index (χ1n) is 9.65. The van der Waals surface area contributed by atoms with Gasteiger partial charge >= 0.3 is 0 Å². The number of benzene rings is 1. The van der Waals surface area contributed by atoms with Crippen molar-refractivity contribution in [3.05, 3.63) is 47.5 Å². The highest BCUT2D eigenvalue weighted by Gasteiger charge is 2.30. The van der Waals surface area contributed by atoms with Crippen molar-refractivity contribution < 1.29 is 9.53 Å². The Hall–Kier alpha value is -2.30. The molecule has 2 heterocycles. The van der Waals surface area contributed by atoms with E-state index in [1.165, 1.54) is 6.42 Å². The van der Waals surface area contributed by atoms with Gasteiger partial charge in [0, 0.05) is 42.7 Å². The van der Waals surface area contributed by atoms with Gasteiger partial charge in [-0.25, -0.2) is 4.98 Å². The first-order chi connectivity index (χ1) is 12.7. The van der Waals surface area contributed by atoms with Crippen LogP contribution in [0.4, 0.5) is 0 Å². The number of amides is 1. The number of aryl methyl sites for hydroxylation is 1. The van der Waals surface area contributed by atoms with Crippen molar-refractivity contribution in [2.24, 2.45) is 0 Å². The summed E-state index contributed by atoms with van der Waals surface area (Å²) < 4.78 is 7.77. The third kappa shape index (κ3) is 3.48. The molecule has 5 nitrogen and oxygen atoms in total. The molecule has 1 fully saturated rings. The van der Waals surface area contributed by atoms with E-state index in [0.29, 0.717) is 18.5 Å². The Labute approximate surface area is 154 Å². The van der Waals surface area contributed by atoms with Gasteiger partial charge < -0.3 is 14.6 Å². The number of imidazole rings is 1. The van der Waals surface area contributed by atoms with E-state index in [-0.39, 0.29) is 11.8 Å². The zero-order valence-electron chi connectivity index (χ0n) is 15.6. The maximum Gasteiger partial charge on any atom is 0.221 e. The number of carbonyl (C=O) groups is 1. The summed E-state index contributed by atoms with van der Waals surface area (Å²) in [7, 11) is 1.68. The molecular weight excluding hydrogens is 326 g/mol. The molecular formula is C21H27N3O2. The monoisotopic (exact) mass is 353 g/mol. The van der Waals surface area contributed by atoms with E-state index < -0.39 is 0 Å². The third-order valence-corrected chi connectivity index (χ3v) is 5.55. The molecule has 5 heteroatoms. The van der Waals surface area contributed by atoms with Crippen molar-refractivity contribution in [1.82, 2.24) is 14.9 Å². The minimum Gasteiger partial charge on any atom is -0.497 e. The van der Waals surface area contributed by atoms with Crippen molar-refractivity contribution in [1.29, 1.82) is 0 Å². The fourth-order valence-electron chi connectivity index (χ4n) is 4.00. The second-order valence-electron chi connectivity index (χ2n) is 7.59. The van der Waals surface area contributed by atoms with E-state index in [2.05, 4.69) is 27.9 Å². The van der Waals surface area contributed by atoms with Crippen LogP contribution in [-0.2, 0) is 11.2 Å². The van der Waals surface area contributed by atoms with Crippen molar-refractivity contribution >= 4 is 5.91 Å². The average Bonchev–Trinajstić information content (AvgIpc) is 3.35. The largest absolute Gasteiger partial charge is 0.497 e. The standard InChI is InChI=1S/C21H27N3O2/c1-14-5-3-8-20-22-13-19(24(14)20)18(12-21(25)23-16-9-10-16)15-6-4-7-17(11-15)26-2/h4,6-7,11,13-14,16,18H,3,5,8-10,12H2,1-2H3,(H,23,25)/t14-,18+/m1/s1. The summed E-state index contributed by atoms with van der Waals surface area (Å²) in [6, 6.07) is 8.88. The number of hydrogen-bond acceptors (Lipinski definition) is 3. The van der Waals surface area contributed by atoms with Gasteiger partial charge in [-0.2, -0.15) is 0 Å². The lowest BCUT2D eigenvalue weighted by Crippen LogP contribution is -2.28. The molecule has 1 aliphatic heterocycles. The number of carbonyl (C=O) groups excluding carboxylic acids is 1. The van der Waals surface area contributed by atoms with E-state index >= 15 is 0 Å². The fourth-order valence-corrected chi connectivity index (χ4v) is 4.00. The molecule has 1 saturated carbocycles. The molecule has 2 aromatic rings. The van der Waals surface area contributed by atoms with Crippen LogP contribution in [0.3, 0.4) is 0 Å². The number of methoxy groups -OCH3 is 1. The second-order valence-corrected chi connectivity index (χ2v) is 7.59. The predicted octanol–water partition coefficient (Wildman–Crippen LogP) is 3.59. The van der Waals surface area contributed by atoms with Crippen molar-refractivity contribution in [2.75, 3.05) is 7.11 Å². The van der Waals surface area contributed by atoms with Gasteiger partial charge in [-0.05, 0) is 50.3 Å². The van der Waals surface area contributed by atoms with Gasteiger partial charge in [-0.15, -0.1) is 0 Å². The SMILES string of the molecule is COc1cccc([C@H](CC(=O)NC2CC2)c2cnc3n2[C@H](C)CCC3)c1. The number of ether oxygens (including phenoxy) is 1. The Morgan fingerprint density at radius 2 is 2.23 bits per heavy atom. The molecule has 0 radical (unpaired) electrons. The van der Waals surface area contributed by atoms with Gasteiger partial charge in [0.15, 0.2) is 0 Å². The molecule has 4 rings (SSSR count). The Balaban J connectivity index is 1.70. The summed E-state index contributed by atoms with van der Waals surface area (Å²) in [6.07, 6.45) is 8.00. The maximum absolute atomic E-state index is 12.6. The first kappa shape index (κ1) is 17.1. The molecule has 0 bridgehead atoms. The molecule has 26 heavy (non-hydrogen) atoms. The second kappa shape index (κ2) is 7.14. The van der Waals surface area contributed by atoms with Gasteiger partial charge in [0.05, 0.1) is 7.11 Å². The quantitative estimate of drug-likeness (QED) is 0.863.